The van der Waals surface area contributed by atoms with Crippen molar-refractivity contribution in [3.05, 3.63) is 23.8 Å². The molecule has 100 valence electrons. The summed E-state index contributed by atoms with van der Waals surface area (Å²) < 4.78 is 31.3. The third-order valence-electron chi connectivity index (χ3n) is 2.91. The molecule has 6 heteroatoms. The molecule has 0 bridgehead atoms. The lowest BCUT2D eigenvalue weighted by Gasteiger charge is -2.07. The molecule has 1 aromatic carbocycles. The Labute approximate surface area is 108 Å². The van der Waals surface area contributed by atoms with Crippen LogP contribution in [0.5, 0.6) is 0 Å². The van der Waals surface area contributed by atoms with Gasteiger partial charge in [-0.1, -0.05) is 0 Å². The largest absolute Gasteiger partial charge is 0.383 e. The number of rotatable bonds is 5. The highest BCUT2D eigenvalue weighted by Gasteiger charge is 2.20. The first-order valence-corrected chi connectivity index (χ1v) is 7.39. The predicted molar refractivity (Wildman–Crippen MR) is 70.3 cm³/mol. The summed E-state index contributed by atoms with van der Waals surface area (Å²) in [6.45, 7) is 2.72. The van der Waals surface area contributed by atoms with Gasteiger partial charge < -0.3 is 10.1 Å². The van der Waals surface area contributed by atoms with Gasteiger partial charge in [-0.2, -0.15) is 0 Å². The fraction of sp³-hybridized carbons (Fsp3) is 0.500. The van der Waals surface area contributed by atoms with E-state index in [2.05, 4.69) is 17.0 Å². The van der Waals surface area contributed by atoms with E-state index in [1.165, 1.54) is 7.11 Å². The molecule has 0 saturated heterocycles. The highest BCUT2D eigenvalue weighted by molar-refractivity contribution is 7.89. The third-order valence-corrected chi connectivity index (χ3v) is 4.37. The molecule has 1 aromatic rings. The molecule has 0 saturated carbocycles. The number of ether oxygens (including phenoxy) is 1. The summed E-state index contributed by atoms with van der Waals surface area (Å²) in [5.41, 5.74) is 2.08. The summed E-state index contributed by atoms with van der Waals surface area (Å²) in [5, 5.41) is 3.29. The van der Waals surface area contributed by atoms with Crippen molar-refractivity contribution in [2.45, 2.75) is 24.3 Å². The van der Waals surface area contributed by atoms with Crippen LogP contribution in [0.15, 0.2) is 23.1 Å². The number of hydrogen-bond donors (Lipinski definition) is 2. The van der Waals surface area contributed by atoms with Crippen molar-refractivity contribution in [2.75, 3.05) is 25.6 Å². The fourth-order valence-electron chi connectivity index (χ4n) is 2.05. The summed E-state index contributed by atoms with van der Waals surface area (Å²) in [5.74, 6) is 0. The van der Waals surface area contributed by atoms with E-state index < -0.39 is 10.0 Å². The molecule has 1 aliphatic rings. The molecule has 0 unspecified atom stereocenters. The lowest BCUT2D eigenvalue weighted by atomic mass is 10.1. The van der Waals surface area contributed by atoms with Crippen LogP contribution in [0.1, 0.15) is 12.5 Å². The van der Waals surface area contributed by atoms with Crippen LogP contribution in [0.3, 0.4) is 0 Å². The molecular formula is C12H18N2O3S. The van der Waals surface area contributed by atoms with Crippen LogP contribution >= 0.6 is 0 Å². The molecule has 2 rings (SSSR count). The summed E-state index contributed by atoms with van der Waals surface area (Å²) in [7, 11) is -1.89. The molecule has 2 N–H and O–H groups in total. The van der Waals surface area contributed by atoms with Gasteiger partial charge in [0.1, 0.15) is 0 Å². The number of sulfonamides is 1. The van der Waals surface area contributed by atoms with Crippen LogP contribution in [-0.4, -0.2) is 34.7 Å². The maximum atomic E-state index is 12.0. The molecule has 18 heavy (non-hydrogen) atoms. The molecule has 0 spiro atoms. The number of hydrogen-bond acceptors (Lipinski definition) is 4. The average molecular weight is 270 g/mol. The lowest BCUT2D eigenvalue weighted by molar-refractivity contribution is 0.204. The molecule has 5 nitrogen and oxygen atoms in total. The minimum Gasteiger partial charge on any atom is -0.383 e. The van der Waals surface area contributed by atoms with Gasteiger partial charge in [-0.3, -0.25) is 0 Å². The molecule has 1 aliphatic heterocycles. The zero-order chi connectivity index (χ0) is 13.2. The Morgan fingerprint density at radius 2 is 2.28 bits per heavy atom. The number of methoxy groups -OCH3 is 1. The van der Waals surface area contributed by atoms with E-state index >= 15 is 0 Å². The van der Waals surface area contributed by atoms with Crippen LogP contribution in [0.25, 0.3) is 0 Å². The molecule has 0 aliphatic carbocycles. The van der Waals surface area contributed by atoms with Crippen LogP contribution in [-0.2, 0) is 21.2 Å². The fourth-order valence-corrected chi connectivity index (χ4v) is 3.12. The quantitative estimate of drug-likeness (QED) is 0.782. The molecule has 0 fully saturated rings. The third kappa shape index (κ3) is 2.82. The zero-order valence-electron chi connectivity index (χ0n) is 10.6. The van der Waals surface area contributed by atoms with Gasteiger partial charge in [-0.25, -0.2) is 13.1 Å². The number of anilines is 1. The van der Waals surface area contributed by atoms with Gasteiger partial charge in [-0.05, 0) is 37.1 Å². The number of fused-ring (bicyclic) bond motifs is 1. The maximum absolute atomic E-state index is 12.0. The second-order valence-electron chi connectivity index (χ2n) is 4.46. The van der Waals surface area contributed by atoms with Gasteiger partial charge in [0, 0.05) is 25.4 Å². The Bertz CT molecular complexity index is 528. The van der Waals surface area contributed by atoms with Crippen molar-refractivity contribution in [3.63, 3.8) is 0 Å². The first-order valence-electron chi connectivity index (χ1n) is 5.91. The van der Waals surface area contributed by atoms with E-state index in [-0.39, 0.29) is 6.54 Å². The monoisotopic (exact) mass is 270 g/mol. The smallest absolute Gasteiger partial charge is 0.240 e. The van der Waals surface area contributed by atoms with E-state index in [1.807, 2.05) is 6.07 Å². The minimum absolute atomic E-state index is 0.282. The summed E-state index contributed by atoms with van der Waals surface area (Å²) >= 11 is 0. The minimum atomic E-state index is -3.43. The topological polar surface area (TPSA) is 67.4 Å². The van der Waals surface area contributed by atoms with E-state index in [4.69, 9.17) is 4.74 Å². The zero-order valence-corrected chi connectivity index (χ0v) is 11.4. The van der Waals surface area contributed by atoms with Crippen LogP contribution in [0.2, 0.25) is 0 Å². The van der Waals surface area contributed by atoms with Crippen molar-refractivity contribution in [1.82, 2.24) is 4.72 Å². The highest BCUT2D eigenvalue weighted by atomic mass is 32.2. The van der Waals surface area contributed by atoms with Crippen LogP contribution < -0.4 is 10.0 Å². The second-order valence-corrected chi connectivity index (χ2v) is 6.23. The summed E-state index contributed by atoms with van der Waals surface area (Å²) in [6.07, 6.45) is 0.858. The van der Waals surface area contributed by atoms with E-state index in [9.17, 15) is 8.42 Å². The SMILES string of the molecule is COCCNS(=O)(=O)c1ccc2c(c1)C[C@@H](C)N2. The van der Waals surface area contributed by atoms with Gasteiger partial charge >= 0.3 is 0 Å². The van der Waals surface area contributed by atoms with Crippen molar-refractivity contribution in [1.29, 1.82) is 0 Å². The van der Waals surface area contributed by atoms with E-state index in [0.717, 1.165) is 17.7 Å². The van der Waals surface area contributed by atoms with Crippen LogP contribution in [0.4, 0.5) is 5.69 Å². The molecule has 0 amide bonds. The van der Waals surface area contributed by atoms with Gasteiger partial charge in [0.15, 0.2) is 0 Å². The highest BCUT2D eigenvalue weighted by Crippen LogP contribution is 2.27. The Hall–Kier alpha value is -1.11. The average Bonchev–Trinajstić information content (AvgIpc) is 2.68. The molecule has 0 radical (unpaired) electrons. The molecule has 1 atom stereocenters. The lowest BCUT2D eigenvalue weighted by Crippen LogP contribution is -2.27. The van der Waals surface area contributed by atoms with Gasteiger partial charge in [0.25, 0.3) is 0 Å². The maximum Gasteiger partial charge on any atom is 0.240 e. The number of benzene rings is 1. The van der Waals surface area contributed by atoms with Crippen molar-refractivity contribution >= 4 is 15.7 Å². The molecular weight excluding hydrogens is 252 g/mol. The second kappa shape index (κ2) is 5.26. The Balaban J connectivity index is 2.17. The van der Waals surface area contributed by atoms with E-state index in [1.54, 1.807) is 12.1 Å². The van der Waals surface area contributed by atoms with Gasteiger partial charge in [0.2, 0.25) is 10.0 Å². The predicted octanol–water partition coefficient (Wildman–Crippen LogP) is 0.968. The number of nitrogens with one attached hydrogen (secondary N) is 2. The Morgan fingerprint density at radius 3 is 3.00 bits per heavy atom. The normalized spacial score (nSPS) is 18.4. The first kappa shape index (κ1) is 13.3. The van der Waals surface area contributed by atoms with Crippen LogP contribution in [0, 0.1) is 0 Å². The van der Waals surface area contributed by atoms with Gasteiger partial charge in [0.05, 0.1) is 11.5 Å². The summed E-state index contributed by atoms with van der Waals surface area (Å²) in [4.78, 5) is 0.313. The van der Waals surface area contributed by atoms with Crippen molar-refractivity contribution < 1.29 is 13.2 Å². The van der Waals surface area contributed by atoms with Crippen molar-refractivity contribution in [3.8, 4) is 0 Å². The summed E-state index contributed by atoms with van der Waals surface area (Å²) in [6, 6.07) is 5.54. The Kier molecular flexibility index (Phi) is 3.89. The standard InChI is InChI=1S/C12H18N2O3S/c1-9-7-10-8-11(3-4-12(10)14-9)18(15,16)13-5-6-17-2/h3-4,8-9,13-14H,5-7H2,1-2H3/t9-/m1/s1. The Morgan fingerprint density at radius 1 is 1.50 bits per heavy atom. The molecule has 0 aromatic heterocycles. The first-order chi connectivity index (χ1) is 8.53. The van der Waals surface area contributed by atoms with Gasteiger partial charge in [-0.15, -0.1) is 0 Å². The van der Waals surface area contributed by atoms with Crippen molar-refractivity contribution in [2.24, 2.45) is 0 Å². The molecule has 1 heterocycles. The van der Waals surface area contributed by atoms with E-state index in [0.29, 0.717) is 17.5 Å².